The van der Waals surface area contributed by atoms with Gasteiger partial charge in [-0.05, 0) is 116 Å². The second kappa shape index (κ2) is 13.0. The van der Waals surface area contributed by atoms with Crippen LogP contribution < -0.4 is 4.90 Å². The molecule has 0 saturated carbocycles. The van der Waals surface area contributed by atoms with Gasteiger partial charge in [-0.1, -0.05) is 159 Å². The van der Waals surface area contributed by atoms with Crippen LogP contribution in [0, 0.1) is 0 Å². The molecule has 1 aromatic heterocycles. The van der Waals surface area contributed by atoms with Crippen molar-refractivity contribution in [2.24, 2.45) is 0 Å². The summed E-state index contributed by atoms with van der Waals surface area (Å²) in [6, 6.07) is 72.5. The van der Waals surface area contributed by atoms with Crippen molar-refractivity contribution in [3.05, 3.63) is 211 Å². The minimum atomic E-state index is -0.102. The third kappa shape index (κ3) is 5.40. The van der Waals surface area contributed by atoms with Crippen molar-refractivity contribution in [1.29, 1.82) is 0 Å². The number of furan rings is 1. The zero-order chi connectivity index (χ0) is 38.1. The van der Waals surface area contributed by atoms with E-state index in [0.29, 0.717) is 0 Å². The Bertz CT molecular complexity index is 3120. The Labute approximate surface area is 332 Å². The van der Waals surface area contributed by atoms with Crippen LogP contribution in [0.5, 0.6) is 0 Å². The standard InChI is InChI=1S/C55H39NO/c1-55(2)49-19-10-9-17-46(49)47-32-30-44(35-50(47)55)56(42-26-20-38(21-27-42)36-12-5-3-6-13-36)43-28-22-39(23-29-43)45-18-11-16-40-25-33-51-54(53(40)45)48-31-24-41(34-52(48)57-51)37-14-7-4-8-15-37/h3-35H,1-2H3. The molecule has 1 heterocycles. The van der Waals surface area contributed by atoms with Crippen molar-refractivity contribution in [2.75, 3.05) is 4.90 Å². The van der Waals surface area contributed by atoms with Crippen LogP contribution in [0.4, 0.5) is 17.1 Å². The van der Waals surface area contributed by atoms with Crippen molar-refractivity contribution >= 4 is 49.8 Å². The van der Waals surface area contributed by atoms with E-state index in [4.69, 9.17) is 4.42 Å². The van der Waals surface area contributed by atoms with E-state index in [1.54, 1.807) is 0 Å². The second-order valence-electron chi connectivity index (χ2n) is 15.7. The lowest BCUT2D eigenvalue weighted by Gasteiger charge is -2.28. The first-order valence-electron chi connectivity index (χ1n) is 19.8. The number of anilines is 3. The molecule has 0 bridgehead atoms. The molecule has 11 rings (SSSR count). The van der Waals surface area contributed by atoms with Crippen molar-refractivity contribution in [3.8, 4) is 44.5 Å². The van der Waals surface area contributed by atoms with E-state index in [9.17, 15) is 0 Å². The molecule has 0 radical (unpaired) electrons. The Morgan fingerprint density at radius 2 is 0.947 bits per heavy atom. The van der Waals surface area contributed by atoms with Crippen molar-refractivity contribution in [1.82, 2.24) is 0 Å². The molecule has 57 heavy (non-hydrogen) atoms. The minimum absolute atomic E-state index is 0.102. The van der Waals surface area contributed by atoms with E-state index in [-0.39, 0.29) is 5.41 Å². The first-order valence-corrected chi connectivity index (χ1v) is 19.8. The van der Waals surface area contributed by atoms with Crippen LogP contribution in [-0.4, -0.2) is 0 Å². The highest BCUT2D eigenvalue weighted by atomic mass is 16.3. The maximum absolute atomic E-state index is 6.56. The minimum Gasteiger partial charge on any atom is -0.456 e. The van der Waals surface area contributed by atoms with E-state index in [2.05, 4.69) is 219 Å². The number of hydrogen-bond donors (Lipinski definition) is 0. The molecular formula is C55H39NO. The number of hydrogen-bond acceptors (Lipinski definition) is 2. The van der Waals surface area contributed by atoms with E-state index in [1.165, 1.54) is 55.3 Å². The van der Waals surface area contributed by atoms with Crippen LogP contribution in [0.3, 0.4) is 0 Å². The van der Waals surface area contributed by atoms with Gasteiger partial charge in [0, 0.05) is 38.6 Å². The molecule has 2 nitrogen and oxygen atoms in total. The fourth-order valence-electron chi connectivity index (χ4n) is 9.20. The van der Waals surface area contributed by atoms with Gasteiger partial charge in [-0.15, -0.1) is 0 Å². The van der Waals surface area contributed by atoms with Gasteiger partial charge >= 0.3 is 0 Å². The molecule has 0 saturated heterocycles. The molecular weight excluding hydrogens is 691 g/mol. The summed E-state index contributed by atoms with van der Waals surface area (Å²) in [4.78, 5) is 2.40. The predicted octanol–water partition coefficient (Wildman–Crippen LogP) is 15.5. The van der Waals surface area contributed by atoms with Crippen LogP contribution in [0.2, 0.25) is 0 Å². The maximum Gasteiger partial charge on any atom is 0.136 e. The lowest BCUT2D eigenvalue weighted by Crippen LogP contribution is -2.16. The van der Waals surface area contributed by atoms with Crippen LogP contribution >= 0.6 is 0 Å². The average molecular weight is 730 g/mol. The Hall–Kier alpha value is -7.16. The summed E-state index contributed by atoms with van der Waals surface area (Å²) in [5, 5.41) is 4.69. The highest BCUT2D eigenvalue weighted by Crippen LogP contribution is 2.51. The Morgan fingerprint density at radius 1 is 0.368 bits per heavy atom. The topological polar surface area (TPSA) is 16.4 Å². The molecule has 2 heteroatoms. The molecule has 270 valence electrons. The quantitative estimate of drug-likeness (QED) is 0.169. The van der Waals surface area contributed by atoms with Gasteiger partial charge in [0.25, 0.3) is 0 Å². The third-order valence-electron chi connectivity index (χ3n) is 12.1. The highest BCUT2D eigenvalue weighted by Gasteiger charge is 2.35. The molecule has 1 aliphatic carbocycles. The summed E-state index contributed by atoms with van der Waals surface area (Å²) in [7, 11) is 0. The molecule has 0 unspecified atom stereocenters. The summed E-state index contributed by atoms with van der Waals surface area (Å²) in [5.41, 5.74) is 17.5. The van der Waals surface area contributed by atoms with Gasteiger partial charge < -0.3 is 9.32 Å². The van der Waals surface area contributed by atoms with Gasteiger partial charge in [0.1, 0.15) is 11.2 Å². The summed E-state index contributed by atoms with van der Waals surface area (Å²) in [5.74, 6) is 0. The smallest absolute Gasteiger partial charge is 0.136 e. The lowest BCUT2D eigenvalue weighted by molar-refractivity contribution is 0.660. The molecule has 0 spiro atoms. The van der Waals surface area contributed by atoms with E-state index in [0.717, 1.165) is 50.1 Å². The monoisotopic (exact) mass is 729 g/mol. The van der Waals surface area contributed by atoms with Crippen LogP contribution in [0.15, 0.2) is 205 Å². The van der Waals surface area contributed by atoms with E-state index in [1.807, 2.05) is 0 Å². The summed E-state index contributed by atoms with van der Waals surface area (Å²) in [6.07, 6.45) is 0. The van der Waals surface area contributed by atoms with E-state index >= 15 is 0 Å². The number of nitrogens with zero attached hydrogens (tertiary/aromatic N) is 1. The van der Waals surface area contributed by atoms with Gasteiger partial charge in [0.2, 0.25) is 0 Å². The number of fused-ring (bicyclic) bond motifs is 8. The third-order valence-corrected chi connectivity index (χ3v) is 12.1. The number of rotatable bonds is 6. The Balaban J connectivity index is 1.03. The molecule has 0 aliphatic heterocycles. The van der Waals surface area contributed by atoms with Crippen molar-refractivity contribution in [2.45, 2.75) is 19.3 Å². The Morgan fingerprint density at radius 3 is 1.68 bits per heavy atom. The predicted molar refractivity (Wildman–Crippen MR) is 240 cm³/mol. The van der Waals surface area contributed by atoms with Gasteiger partial charge in [-0.2, -0.15) is 0 Å². The first-order chi connectivity index (χ1) is 28.0. The van der Waals surface area contributed by atoms with Crippen LogP contribution in [0.25, 0.3) is 77.2 Å². The fourth-order valence-corrected chi connectivity index (χ4v) is 9.20. The van der Waals surface area contributed by atoms with Gasteiger partial charge in [-0.25, -0.2) is 0 Å². The fraction of sp³-hybridized carbons (Fsp3) is 0.0545. The summed E-state index contributed by atoms with van der Waals surface area (Å²) < 4.78 is 6.56. The van der Waals surface area contributed by atoms with Crippen LogP contribution in [0.1, 0.15) is 25.0 Å². The number of benzene rings is 9. The van der Waals surface area contributed by atoms with Gasteiger partial charge in [0.05, 0.1) is 0 Å². The average Bonchev–Trinajstić information content (AvgIpc) is 3.76. The largest absolute Gasteiger partial charge is 0.456 e. The van der Waals surface area contributed by atoms with Crippen molar-refractivity contribution < 1.29 is 4.42 Å². The SMILES string of the molecule is CC1(C)c2ccccc2-c2ccc(N(c3ccc(-c4ccccc4)cc3)c3ccc(-c4cccc5ccc6oc7cc(-c8ccccc8)ccc7c6c45)cc3)cc21. The van der Waals surface area contributed by atoms with E-state index < -0.39 is 0 Å². The molecule has 0 amide bonds. The zero-order valence-electron chi connectivity index (χ0n) is 31.9. The summed E-state index contributed by atoms with van der Waals surface area (Å²) in [6.45, 7) is 4.70. The normalized spacial score (nSPS) is 12.9. The zero-order valence-corrected chi connectivity index (χ0v) is 31.9. The highest BCUT2D eigenvalue weighted by molar-refractivity contribution is 6.23. The Kier molecular flexibility index (Phi) is 7.55. The summed E-state index contributed by atoms with van der Waals surface area (Å²) >= 11 is 0. The maximum atomic E-state index is 6.56. The molecule has 0 N–H and O–H groups in total. The van der Waals surface area contributed by atoms with Crippen molar-refractivity contribution in [3.63, 3.8) is 0 Å². The molecule has 0 atom stereocenters. The van der Waals surface area contributed by atoms with Crippen LogP contribution in [-0.2, 0) is 5.41 Å². The molecule has 10 aromatic rings. The molecule has 1 aliphatic rings. The molecule has 9 aromatic carbocycles. The molecule has 0 fully saturated rings. The second-order valence-corrected chi connectivity index (χ2v) is 15.7. The van der Waals surface area contributed by atoms with Gasteiger partial charge in [0.15, 0.2) is 0 Å². The first kappa shape index (κ1) is 33.2. The lowest BCUT2D eigenvalue weighted by atomic mass is 9.82. The van der Waals surface area contributed by atoms with Gasteiger partial charge in [-0.3, -0.25) is 0 Å².